The second kappa shape index (κ2) is 6.79. The zero-order chi connectivity index (χ0) is 20.0. The molecule has 1 aromatic heterocycles. The minimum atomic E-state index is -0.749. The van der Waals surface area contributed by atoms with Gasteiger partial charge in [-0.25, -0.2) is 18.8 Å². The van der Waals surface area contributed by atoms with Gasteiger partial charge in [0.25, 0.3) is 5.91 Å². The van der Waals surface area contributed by atoms with Gasteiger partial charge < -0.3 is 4.74 Å². The van der Waals surface area contributed by atoms with Crippen molar-refractivity contribution in [3.8, 4) is 0 Å². The first-order valence-corrected chi connectivity index (χ1v) is 9.20. The van der Waals surface area contributed by atoms with E-state index < -0.39 is 30.5 Å². The van der Waals surface area contributed by atoms with Crippen molar-refractivity contribution in [3.63, 3.8) is 0 Å². The molecule has 1 saturated heterocycles. The smallest absolute Gasteiger partial charge is 0.402 e. The molecule has 0 spiro atoms. The molecule has 2 aliphatic heterocycles. The number of aromatic nitrogens is 2. The Morgan fingerprint density at radius 3 is 2.56 bits per heavy atom. The maximum atomic E-state index is 13.1. The van der Waals surface area contributed by atoms with Crippen LogP contribution >= 0.6 is 0 Å². The minimum Gasteiger partial charge on any atom is -0.465 e. The third kappa shape index (κ3) is 2.72. The van der Waals surface area contributed by atoms with Crippen LogP contribution in [-0.4, -0.2) is 58.3 Å². The first kappa shape index (κ1) is 19.1. The molecule has 3 amide bonds. The molecule has 0 saturated carbocycles. The van der Waals surface area contributed by atoms with Gasteiger partial charge in [-0.3, -0.25) is 14.5 Å². The van der Waals surface area contributed by atoms with Gasteiger partial charge in [-0.2, -0.15) is 0 Å². The monoisotopic (exact) mass is 376 g/mol. The maximum Gasteiger partial charge on any atom is 0.402 e. The molecular weight excluding hydrogens is 350 g/mol. The molecule has 2 aliphatic rings. The van der Waals surface area contributed by atoms with E-state index in [0.29, 0.717) is 11.8 Å². The van der Waals surface area contributed by atoms with Crippen molar-refractivity contribution >= 4 is 29.7 Å². The number of aliphatic imine (C=N–C) groups is 1. The Hall–Kier alpha value is -2.71. The average Bonchev–Trinajstić information content (AvgIpc) is 3.13. The minimum absolute atomic E-state index is 0.190. The van der Waals surface area contributed by atoms with Gasteiger partial charge in [-0.15, -0.1) is 0 Å². The van der Waals surface area contributed by atoms with Gasteiger partial charge in [-0.05, 0) is 34.1 Å². The summed E-state index contributed by atoms with van der Waals surface area (Å²) in [6.45, 7) is 9.59. The fraction of sp³-hybridized carbons (Fsp3) is 0.611. The number of carbonyl (C=O) groups is 3. The zero-order valence-corrected chi connectivity index (χ0v) is 16.6. The molecule has 146 valence electrons. The quantitative estimate of drug-likeness (QED) is 0.574. The summed E-state index contributed by atoms with van der Waals surface area (Å²) in [4.78, 5) is 44.6. The van der Waals surface area contributed by atoms with Gasteiger partial charge in [-0.1, -0.05) is 11.9 Å². The average molecular weight is 376 g/mol. The molecule has 0 aliphatic carbocycles. The molecule has 1 fully saturated rings. The Morgan fingerprint density at radius 2 is 1.96 bits per heavy atom. The highest BCUT2D eigenvalue weighted by Crippen LogP contribution is 2.33. The Labute approximate surface area is 158 Å². The standard InChI is InChI=1S/C18H26N5O4/c1-7-10(3)22-11(4)12(5)23-14-15(19-17(22)23)20(6)18(26)21(16(14)25)9-13(24)27-8-2/h10,14H,7-9H2,1-6H3/q+1. The highest BCUT2D eigenvalue weighted by Gasteiger charge is 2.54. The van der Waals surface area contributed by atoms with Crippen molar-refractivity contribution in [3.05, 3.63) is 11.4 Å². The molecule has 3 heterocycles. The Balaban J connectivity index is 2.07. The van der Waals surface area contributed by atoms with Crippen molar-refractivity contribution < 1.29 is 23.7 Å². The second-order valence-electron chi connectivity index (χ2n) is 6.91. The van der Waals surface area contributed by atoms with E-state index in [2.05, 4.69) is 23.4 Å². The number of ether oxygens (including phenoxy) is 1. The van der Waals surface area contributed by atoms with Gasteiger partial charge in [0.05, 0.1) is 12.6 Å². The maximum absolute atomic E-state index is 13.1. The van der Waals surface area contributed by atoms with E-state index in [1.807, 2.05) is 18.4 Å². The number of hydrogen-bond donors (Lipinski definition) is 0. The Morgan fingerprint density at radius 1 is 1.30 bits per heavy atom. The van der Waals surface area contributed by atoms with Gasteiger partial charge in [0.1, 0.15) is 17.9 Å². The summed E-state index contributed by atoms with van der Waals surface area (Å²) < 4.78 is 8.87. The predicted octanol–water partition coefficient (Wildman–Crippen LogP) is 1.41. The van der Waals surface area contributed by atoms with Crippen LogP contribution in [0.3, 0.4) is 0 Å². The molecule has 2 unspecified atom stereocenters. The lowest BCUT2D eigenvalue weighted by Gasteiger charge is -2.32. The van der Waals surface area contributed by atoms with E-state index in [1.165, 1.54) is 4.90 Å². The van der Waals surface area contributed by atoms with Crippen LogP contribution in [0.1, 0.15) is 50.7 Å². The lowest BCUT2D eigenvalue weighted by atomic mass is 10.1. The fourth-order valence-corrected chi connectivity index (χ4v) is 3.65. The highest BCUT2D eigenvalue weighted by molar-refractivity contribution is 6.19. The summed E-state index contributed by atoms with van der Waals surface area (Å²) in [5, 5.41) is 0. The molecule has 2 atom stereocenters. The van der Waals surface area contributed by atoms with Crippen LogP contribution in [0.25, 0.3) is 0 Å². The molecular formula is C18H26N5O4+. The number of imide groups is 1. The molecule has 9 heteroatoms. The van der Waals surface area contributed by atoms with Crippen molar-refractivity contribution in [1.29, 1.82) is 0 Å². The van der Waals surface area contributed by atoms with Crippen LogP contribution in [0.4, 0.5) is 10.7 Å². The molecule has 3 rings (SSSR count). The van der Waals surface area contributed by atoms with Crippen LogP contribution in [0.2, 0.25) is 0 Å². The normalized spacial score (nSPS) is 19.8. The molecule has 27 heavy (non-hydrogen) atoms. The van der Waals surface area contributed by atoms with Gasteiger partial charge in [0.15, 0.2) is 0 Å². The Bertz CT molecular complexity index is 856. The number of amidine groups is 1. The van der Waals surface area contributed by atoms with Crippen molar-refractivity contribution in [2.24, 2.45) is 4.99 Å². The molecule has 0 radical (unpaired) electrons. The Kier molecular flexibility index (Phi) is 4.79. The number of hydrogen-bond acceptors (Lipinski definition) is 5. The van der Waals surface area contributed by atoms with Crippen molar-refractivity contribution in [1.82, 2.24) is 14.4 Å². The van der Waals surface area contributed by atoms with Crippen molar-refractivity contribution in [2.45, 2.75) is 53.1 Å². The van der Waals surface area contributed by atoms with Crippen LogP contribution in [0.5, 0.6) is 0 Å². The van der Waals surface area contributed by atoms with Gasteiger partial charge >= 0.3 is 17.9 Å². The number of fused-ring (bicyclic) bond motifs is 3. The lowest BCUT2D eigenvalue weighted by molar-refractivity contribution is -0.683. The van der Waals surface area contributed by atoms with E-state index in [9.17, 15) is 14.4 Å². The van der Waals surface area contributed by atoms with Crippen LogP contribution in [-0.2, 0) is 14.3 Å². The number of nitrogens with zero attached hydrogens (tertiary/aromatic N) is 5. The molecule has 1 aromatic rings. The van der Waals surface area contributed by atoms with E-state index >= 15 is 0 Å². The van der Waals surface area contributed by atoms with Gasteiger partial charge in [0, 0.05) is 7.05 Å². The topological polar surface area (TPSA) is 88.1 Å². The third-order valence-electron chi connectivity index (χ3n) is 5.38. The van der Waals surface area contributed by atoms with Crippen molar-refractivity contribution in [2.75, 3.05) is 20.2 Å². The SMILES string of the molecule is CCOC(=O)CN1C(=O)C2C(=Nc3n(C(C)CC)c(C)c(C)[n+]32)N(C)C1=O. The first-order valence-electron chi connectivity index (χ1n) is 9.20. The zero-order valence-electron chi connectivity index (χ0n) is 16.6. The van der Waals surface area contributed by atoms with Crippen LogP contribution in [0, 0.1) is 13.8 Å². The fourth-order valence-electron chi connectivity index (χ4n) is 3.65. The molecule has 0 aromatic carbocycles. The van der Waals surface area contributed by atoms with E-state index in [-0.39, 0.29) is 12.6 Å². The summed E-state index contributed by atoms with van der Waals surface area (Å²) in [6.07, 6.45) is 0.912. The number of urea groups is 1. The van der Waals surface area contributed by atoms with Crippen LogP contribution in [0.15, 0.2) is 4.99 Å². The summed E-state index contributed by atoms with van der Waals surface area (Å²) in [7, 11) is 1.57. The second-order valence-corrected chi connectivity index (χ2v) is 6.91. The third-order valence-corrected chi connectivity index (χ3v) is 5.38. The number of esters is 1. The summed E-state index contributed by atoms with van der Waals surface area (Å²) in [5.74, 6) is -0.0232. The predicted molar refractivity (Wildman–Crippen MR) is 96.7 cm³/mol. The molecule has 0 N–H and O–H groups in total. The number of amides is 3. The molecule has 9 nitrogen and oxygen atoms in total. The summed E-state index contributed by atoms with van der Waals surface area (Å²) >= 11 is 0. The van der Waals surface area contributed by atoms with Crippen LogP contribution < -0.4 is 4.57 Å². The van der Waals surface area contributed by atoms with E-state index in [0.717, 1.165) is 22.7 Å². The number of carbonyl (C=O) groups excluding carboxylic acids is 3. The summed E-state index contributed by atoms with van der Waals surface area (Å²) in [5.41, 5.74) is 1.95. The number of imidazole rings is 1. The first-order chi connectivity index (χ1) is 12.7. The summed E-state index contributed by atoms with van der Waals surface area (Å²) in [6, 6.07) is -1.12. The highest BCUT2D eigenvalue weighted by atomic mass is 16.5. The lowest BCUT2D eigenvalue weighted by Crippen LogP contribution is -2.64. The van der Waals surface area contributed by atoms with E-state index in [4.69, 9.17) is 4.74 Å². The van der Waals surface area contributed by atoms with Gasteiger partial charge in [0.2, 0.25) is 11.9 Å². The number of rotatable bonds is 5. The molecule has 0 bridgehead atoms. The number of likely N-dealkylation sites (N-methyl/N-ethyl adjacent to an activating group) is 1. The largest absolute Gasteiger partial charge is 0.465 e. The van der Waals surface area contributed by atoms with E-state index in [1.54, 1.807) is 14.0 Å².